The Morgan fingerprint density at radius 3 is 2.65 bits per heavy atom. The summed E-state index contributed by atoms with van der Waals surface area (Å²) in [7, 11) is 0. The smallest absolute Gasteiger partial charge is 0.313 e. The van der Waals surface area contributed by atoms with Crippen LogP contribution in [-0.4, -0.2) is 21.8 Å². The Labute approximate surface area is 146 Å². The molecule has 0 amide bonds. The summed E-state index contributed by atoms with van der Waals surface area (Å²) >= 11 is 4.84. The van der Waals surface area contributed by atoms with E-state index in [1.807, 2.05) is 55.5 Å². The molecule has 0 radical (unpaired) electrons. The van der Waals surface area contributed by atoms with Crippen LogP contribution in [0.3, 0.4) is 0 Å². The van der Waals surface area contributed by atoms with Gasteiger partial charge in [0.2, 0.25) is 0 Å². The third-order valence-corrected chi connectivity index (χ3v) is 5.15. The van der Waals surface area contributed by atoms with Gasteiger partial charge in [-0.25, -0.2) is 0 Å². The van der Waals surface area contributed by atoms with Gasteiger partial charge >= 0.3 is 5.97 Å². The van der Waals surface area contributed by atoms with Gasteiger partial charge in [-0.1, -0.05) is 46.3 Å². The van der Waals surface area contributed by atoms with E-state index in [1.54, 1.807) is 0 Å². The average molecular weight is 388 g/mol. The molecule has 1 heterocycles. The first-order chi connectivity index (χ1) is 11.1. The van der Waals surface area contributed by atoms with Crippen LogP contribution in [0.1, 0.15) is 5.69 Å². The molecule has 0 fully saturated rings. The van der Waals surface area contributed by atoms with E-state index < -0.39 is 5.97 Å². The minimum atomic E-state index is -0.831. The van der Waals surface area contributed by atoms with Crippen LogP contribution in [0.15, 0.2) is 57.9 Å². The summed E-state index contributed by atoms with van der Waals surface area (Å²) in [6, 6.07) is 16.0. The SMILES string of the molecule is Cc1nc2ccc(Br)cc2c(-c2ccccc2)c1SCC(=O)O. The molecule has 1 aromatic heterocycles. The maximum atomic E-state index is 11.0. The number of fused-ring (bicyclic) bond motifs is 1. The average Bonchev–Trinajstić information content (AvgIpc) is 2.53. The van der Waals surface area contributed by atoms with Crippen LogP contribution in [0.25, 0.3) is 22.0 Å². The van der Waals surface area contributed by atoms with Crippen LogP contribution < -0.4 is 0 Å². The molecule has 0 bridgehead atoms. The second-order valence-electron chi connectivity index (χ2n) is 5.11. The fraction of sp³-hybridized carbons (Fsp3) is 0.111. The van der Waals surface area contributed by atoms with Crippen molar-refractivity contribution < 1.29 is 9.90 Å². The zero-order valence-electron chi connectivity index (χ0n) is 12.4. The van der Waals surface area contributed by atoms with E-state index in [4.69, 9.17) is 5.11 Å². The van der Waals surface area contributed by atoms with E-state index in [1.165, 1.54) is 11.8 Å². The number of carboxylic acid groups (broad SMARTS) is 1. The second-order valence-corrected chi connectivity index (χ2v) is 7.01. The summed E-state index contributed by atoms with van der Waals surface area (Å²) in [5.41, 5.74) is 3.86. The van der Waals surface area contributed by atoms with Gasteiger partial charge in [-0.15, -0.1) is 11.8 Å². The number of carboxylic acids is 1. The summed E-state index contributed by atoms with van der Waals surface area (Å²) in [5.74, 6) is -0.815. The van der Waals surface area contributed by atoms with Crippen molar-refractivity contribution >= 4 is 44.6 Å². The highest BCUT2D eigenvalue weighted by molar-refractivity contribution is 9.10. The Kier molecular flexibility index (Phi) is 4.68. The third kappa shape index (κ3) is 3.41. The molecule has 0 aliphatic rings. The first-order valence-electron chi connectivity index (χ1n) is 7.06. The number of aromatic nitrogens is 1. The van der Waals surface area contributed by atoms with Crippen LogP contribution in [0.2, 0.25) is 0 Å². The molecule has 116 valence electrons. The number of rotatable bonds is 4. The van der Waals surface area contributed by atoms with Gasteiger partial charge in [0, 0.05) is 20.3 Å². The number of thioether (sulfide) groups is 1. The quantitative estimate of drug-likeness (QED) is 0.628. The van der Waals surface area contributed by atoms with Gasteiger partial charge in [0.25, 0.3) is 0 Å². The molecular weight excluding hydrogens is 374 g/mol. The molecule has 0 atom stereocenters. The number of nitrogens with zero attached hydrogens (tertiary/aromatic N) is 1. The summed E-state index contributed by atoms with van der Waals surface area (Å²) < 4.78 is 0.974. The van der Waals surface area contributed by atoms with Crippen molar-refractivity contribution in [2.75, 3.05) is 5.75 Å². The van der Waals surface area contributed by atoms with E-state index in [2.05, 4.69) is 20.9 Å². The number of benzene rings is 2. The van der Waals surface area contributed by atoms with Crippen molar-refractivity contribution in [3.8, 4) is 11.1 Å². The monoisotopic (exact) mass is 387 g/mol. The van der Waals surface area contributed by atoms with E-state index in [-0.39, 0.29) is 5.75 Å². The lowest BCUT2D eigenvalue weighted by molar-refractivity contribution is -0.133. The lowest BCUT2D eigenvalue weighted by Crippen LogP contribution is -2.00. The van der Waals surface area contributed by atoms with Crippen molar-refractivity contribution in [2.24, 2.45) is 0 Å². The largest absolute Gasteiger partial charge is 0.481 e. The minimum Gasteiger partial charge on any atom is -0.481 e. The molecule has 1 N–H and O–H groups in total. The fourth-order valence-corrected chi connectivity index (χ4v) is 3.80. The summed E-state index contributed by atoms with van der Waals surface area (Å²) in [5, 5.41) is 10.1. The van der Waals surface area contributed by atoms with Crippen LogP contribution in [-0.2, 0) is 4.79 Å². The van der Waals surface area contributed by atoms with Gasteiger partial charge in [-0.05, 0) is 30.7 Å². The first-order valence-corrected chi connectivity index (χ1v) is 8.84. The molecule has 2 aromatic carbocycles. The highest BCUT2D eigenvalue weighted by Gasteiger charge is 2.16. The van der Waals surface area contributed by atoms with Gasteiger partial charge in [-0.2, -0.15) is 0 Å². The second kappa shape index (κ2) is 6.72. The van der Waals surface area contributed by atoms with Crippen molar-refractivity contribution in [3.63, 3.8) is 0 Å². The van der Waals surface area contributed by atoms with Crippen LogP contribution in [0, 0.1) is 6.92 Å². The lowest BCUT2D eigenvalue weighted by Gasteiger charge is -2.15. The molecule has 0 spiro atoms. The Morgan fingerprint density at radius 1 is 1.22 bits per heavy atom. The topological polar surface area (TPSA) is 50.2 Å². The summed E-state index contributed by atoms with van der Waals surface area (Å²) in [6.45, 7) is 1.93. The lowest BCUT2D eigenvalue weighted by atomic mass is 10.00. The number of aryl methyl sites for hydroxylation is 1. The maximum Gasteiger partial charge on any atom is 0.313 e. The highest BCUT2D eigenvalue weighted by Crippen LogP contribution is 2.39. The first kappa shape index (κ1) is 16.0. The predicted molar refractivity (Wildman–Crippen MR) is 98.0 cm³/mol. The fourth-order valence-electron chi connectivity index (χ4n) is 2.54. The molecule has 23 heavy (non-hydrogen) atoms. The zero-order valence-corrected chi connectivity index (χ0v) is 14.8. The third-order valence-electron chi connectivity index (χ3n) is 3.47. The van der Waals surface area contributed by atoms with Gasteiger partial charge in [-0.3, -0.25) is 9.78 Å². The summed E-state index contributed by atoms with van der Waals surface area (Å²) in [4.78, 5) is 16.6. The van der Waals surface area contributed by atoms with E-state index >= 15 is 0 Å². The Morgan fingerprint density at radius 2 is 1.96 bits per heavy atom. The minimum absolute atomic E-state index is 0.0157. The summed E-state index contributed by atoms with van der Waals surface area (Å²) in [6.07, 6.45) is 0. The molecule has 0 aliphatic carbocycles. The van der Waals surface area contributed by atoms with Crippen molar-refractivity contribution in [1.29, 1.82) is 0 Å². The molecule has 0 saturated heterocycles. The van der Waals surface area contributed by atoms with Gasteiger partial charge < -0.3 is 5.11 Å². The molecule has 3 nitrogen and oxygen atoms in total. The molecule has 0 saturated carbocycles. The van der Waals surface area contributed by atoms with Crippen molar-refractivity contribution in [2.45, 2.75) is 11.8 Å². The highest BCUT2D eigenvalue weighted by atomic mass is 79.9. The van der Waals surface area contributed by atoms with Crippen LogP contribution in [0.4, 0.5) is 0 Å². The van der Waals surface area contributed by atoms with E-state index in [9.17, 15) is 4.79 Å². The molecule has 0 unspecified atom stereocenters. The van der Waals surface area contributed by atoms with Crippen molar-refractivity contribution in [3.05, 3.63) is 58.7 Å². The predicted octanol–water partition coefficient (Wildman–Crippen LogP) is 5.15. The number of pyridine rings is 1. The number of hydrogen-bond acceptors (Lipinski definition) is 3. The van der Waals surface area contributed by atoms with Crippen LogP contribution >= 0.6 is 27.7 Å². The molecular formula is C18H14BrNO2S. The van der Waals surface area contributed by atoms with Crippen molar-refractivity contribution in [1.82, 2.24) is 4.98 Å². The molecule has 5 heteroatoms. The van der Waals surface area contributed by atoms with E-state index in [0.717, 1.165) is 37.1 Å². The number of aliphatic carboxylic acids is 1. The van der Waals surface area contributed by atoms with Gasteiger partial charge in [0.05, 0.1) is 17.0 Å². The Balaban J connectivity index is 2.31. The normalized spacial score (nSPS) is 10.9. The number of carbonyl (C=O) groups is 1. The van der Waals surface area contributed by atoms with E-state index in [0.29, 0.717) is 0 Å². The van der Waals surface area contributed by atoms with Crippen LogP contribution in [0.5, 0.6) is 0 Å². The Hall–Kier alpha value is -1.85. The maximum absolute atomic E-state index is 11.0. The molecule has 3 aromatic rings. The molecule has 3 rings (SSSR count). The zero-order chi connectivity index (χ0) is 16.4. The number of halogens is 1. The number of hydrogen-bond donors (Lipinski definition) is 1. The molecule has 0 aliphatic heterocycles. The standard InChI is InChI=1S/C18H14BrNO2S/c1-11-18(23-10-16(21)22)17(12-5-3-2-4-6-12)14-9-13(19)7-8-15(14)20-11/h2-9H,10H2,1H3,(H,21,22). The Bertz CT molecular complexity index is 881. The van der Waals surface area contributed by atoms with Gasteiger partial charge in [0.1, 0.15) is 0 Å². The van der Waals surface area contributed by atoms with Gasteiger partial charge in [0.15, 0.2) is 0 Å².